The molecule has 2 aliphatic heterocycles. The molecule has 8 nitrogen and oxygen atoms in total. The number of hydrogen-bond donors (Lipinski definition) is 2. The van der Waals surface area contributed by atoms with Crippen molar-refractivity contribution in [3.63, 3.8) is 0 Å². The fraction of sp³-hybridized carbons (Fsp3) is 0.423. The van der Waals surface area contributed by atoms with Gasteiger partial charge >= 0.3 is 0 Å². The number of rotatable bonds is 7. The van der Waals surface area contributed by atoms with Gasteiger partial charge in [0.1, 0.15) is 5.82 Å². The number of hydrogen-bond acceptors (Lipinski definition) is 5. The highest BCUT2D eigenvalue weighted by Crippen LogP contribution is 2.25. The molecule has 2 atom stereocenters. The van der Waals surface area contributed by atoms with Crippen molar-refractivity contribution in [1.82, 2.24) is 10.2 Å². The molecule has 0 bridgehead atoms. The van der Waals surface area contributed by atoms with Gasteiger partial charge in [-0.25, -0.2) is 4.39 Å². The number of allylic oxidation sites excluding steroid dienone is 4. The Morgan fingerprint density at radius 2 is 1.91 bits per heavy atom. The fourth-order valence-corrected chi connectivity index (χ4v) is 3.95. The van der Waals surface area contributed by atoms with Crippen molar-refractivity contribution in [1.29, 1.82) is 0 Å². The van der Waals surface area contributed by atoms with E-state index in [9.17, 15) is 23.9 Å². The number of halogens is 1. The minimum atomic E-state index is -1.81. The van der Waals surface area contributed by atoms with Gasteiger partial charge in [-0.3, -0.25) is 14.4 Å². The maximum absolute atomic E-state index is 14.5. The van der Waals surface area contributed by atoms with Crippen LogP contribution in [0.3, 0.4) is 0 Å². The number of carbonyl (C=O) groups excluding carboxylic acids is 3. The van der Waals surface area contributed by atoms with Gasteiger partial charge in [-0.05, 0) is 57.4 Å². The molecule has 3 rings (SSSR count). The summed E-state index contributed by atoms with van der Waals surface area (Å²) in [6, 6.07) is 3.77. The Labute approximate surface area is 204 Å². The topological polar surface area (TPSA) is 99.2 Å². The molecule has 0 unspecified atom stereocenters. The second-order valence-corrected chi connectivity index (χ2v) is 8.66. The van der Waals surface area contributed by atoms with Crippen LogP contribution in [0.2, 0.25) is 0 Å². The van der Waals surface area contributed by atoms with Crippen LogP contribution in [0, 0.1) is 5.82 Å². The van der Waals surface area contributed by atoms with Crippen LogP contribution in [0.25, 0.3) is 0 Å². The molecule has 2 heterocycles. The van der Waals surface area contributed by atoms with Crippen molar-refractivity contribution in [2.45, 2.75) is 45.3 Å². The third-order valence-electron chi connectivity index (χ3n) is 6.01. The van der Waals surface area contributed by atoms with Gasteiger partial charge in [-0.1, -0.05) is 24.3 Å². The Morgan fingerprint density at radius 1 is 1.20 bits per heavy atom. The average Bonchev–Trinajstić information content (AvgIpc) is 3.31. The highest BCUT2D eigenvalue weighted by atomic mass is 19.1. The van der Waals surface area contributed by atoms with E-state index in [0.29, 0.717) is 19.5 Å². The Morgan fingerprint density at radius 3 is 2.60 bits per heavy atom. The van der Waals surface area contributed by atoms with Crippen LogP contribution in [-0.4, -0.2) is 66.2 Å². The van der Waals surface area contributed by atoms with E-state index in [0.717, 1.165) is 30.5 Å². The number of amides is 3. The van der Waals surface area contributed by atoms with Crippen LogP contribution >= 0.6 is 0 Å². The molecule has 0 aromatic heterocycles. The summed E-state index contributed by atoms with van der Waals surface area (Å²) in [6.07, 6.45) is 4.10. The number of carbonyl (C=O) groups is 3. The van der Waals surface area contributed by atoms with Gasteiger partial charge in [-0.15, -0.1) is 0 Å². The number of anilines is 1. The predicted octanol–water partition coefficient (Wildman–Crippen LogP) is 2.70. The van der Waals surface area contributed by atoms with E-state index in [1.807, 2.05) is 19.9 Å². The molecule has 0 saturated carbocycles. The third-order valence-corrected chi connectivity index (χ3v) is 6.01. The van der Waals surface area contributed by atoms with Crippen LogP contribution in [0.5, 0.6) is 0 Å². The number of aliphatic hydroxyl groups is 1. The van der Waals surface area contributed by atoms with Gasteiger partial charge < -0.3 is 25.0 Å². The maximum atomic E-state index is 14.5. The van der Waals surface area contributed by atoms with Gasteiger partial charge in [0.25, 0.3) is 17.7 Å². The monoisotopic (exact) mass is 485 g/mol. The molecule has 2 aliphatic rings. The lowest BCUT2D eigenvalue weighted by Crippen LogP contribution is -2.50. The van der Waals surface area contributed by atoms with E-state index in [-0.39, 0.29) is 36.0 Å². The summed E-state index contributed by atoms with van der Waals surface area (Å²) in [5.41, 5.74) is 1.52. The lowest BCUT2D eigenvalue weighted by Gasteiger charge is -2.26. The Kier molecular flexibility index (Phi) is 8.95. The molecule has 1 aromatic rings. The first kappa shape index (κ1) is 26.3. The minimum absolute atomic E-state index is 0.119. The second kappa shape index (κ2) is 11.9. The van der Waals surface area contributed by atoms with E-state index in [1.165, 1.54) is 11.0 Å². The molecular formula is C26H32FN3O5. The van der Waals surface area contributed by atoms with Gasteiger partial charge in [0.15, 0.2) is 12.2 Å². The number of nitrogens with zero attached hydrogens (tertiary/aromatic N) is 2. The zero-order valence-corrected chi connectivity index (χ0v) is 20.1. The van der Waals surface area contributed by atoms with E-state index in [2.05, 4.69) is 11.9 Å². The fourth-order valence-electron chi connectivity index (χ4n) is 3.95. The number of likely N-dealkylation sites (tertiary alicyclic amines) is 1. The summed E-state index contributed by atoms with van der Waals surface area (Å²) < 4.78 is 20.0. The highest BCUT2D eigenvalue weighted by Gasteiger charge is 2.38. The molecule has 0 spiro atoms. The molecule has 2 N–H and O–H groups in total. The van der Waals surface area contributed by atoms with Gasteiger partial charge in [0, 0.05) is 43.2 Å². The van der Waals surface area contributed by atoms with Crippen LogP contribution < -0.4 is 10.2 Å². The quantitative estimate of drug-likeness (QED) is 0.579. The standard InChI is InChI=1S/C26H32FN3O5/c1-4-17(2)8-9-18(3)28-24(32)22(31)23-26(34)30(12-7-13-35-23)21-15-19(14-20(27)16-21)25(33)29-10-5-6-11-29/h4,8-9,14-16,22-23,31H,3,5-7,10-13H2,1-2H3,(H,28,32)/b9-8-,17-4-/t22-,23-/m1/s1. The molecule has 3 amide bonds. The van der Waals surface area contributed by atoms with Gasteiger partial charge in [0.2, 0.25) is 0 Å². The molecule has 188 valence electrons. The smallest absolute Gasteiger partial charge is 0.259 e. The SMILES string of the molecule is C=C(/C=C\C(C)=C/C)NC(=O)[C@H](O)[C@H]1OCCCN(c2cc(F)cc(C(=O)N3CCCC3)c2)C1=O. The lowest BCUT2D eigenvalue weighted by atomic mass is 10.1. The van der Waals surface area contributed by atoms with E-state index < -0.39 is 29.8 Å². The molecule has 2 saturated heterocycles. The summed E-state index contributed by atoms with van der Waals surface area (Å²) in [6.45, 7) is 9.00. The Hall–Kier alpha value is -3.30. The largest absolute Gasteiger partial charge is 0.380 e. The molecule has 2 fully saturated rings. The third kappa shape index (κ3) is 6.64. The summed E-state index contributed by atoms with van der Waals surface area (Å²) in [7, 11) is 0. The number of ether oxygens (including phenoxy) is 1. The Balaban J connectivity index is 1.77. The van der Waals surface area contributed by atoms with Crippen LogP contribution in [0.15, 0.2) is 54.3 Å². The maximum Gasteiger partial charge on any atom is 0.259 e. The molecule has 0 radical (unpaired) electrons. The highest BCUT2D eigenvalue weighted by molar-refractivity contribution is 6.02. The van der Waals surface area contributed by atoms with E-state index in [4.69, 9.17) is 4.74 Å². The summed E-state index contributed by atoms with van der Waals surface area (Å²) in [4.78, 5) is 41.6. The van der Waals surface area contributed by atoms with E-state index in [1.54, 1.807) is 17.1 Å². The summed E-state index contributed by atoms with van der Waals surface area (Å²) in [5.74, 6) is -2.49. The number of aliphatic hydroxyl groups excluding tert-OH is 1. The minimum Gasteiger partial charge on any atom is -0.380 e. The summed E-state index contributed by atoms with van der Waals surface area (Å²) in [5, 5.41) is 13.1. The van der Waals surface area contributed by atoms with Crippen LogP contribution in [0.1, 0.15) is 43.5 Å². The first-order valence-corrected chi connectivity index (χ1v) is 11.7. The normalized spacial score (nSPS) is 20.2. The van der Waals surface area contributed by atoms with Crippen molar-refractivity contribution in [2.75, 3.05) is 31.1 Å². The van der Waals surface area contributed by atoms with Crippen molar-refractivity contribution in [3.05, 3.63) is 65.7 Å². The summed E-state index contributed by atoms with van der Waals surface area (Å²) >= 11 is 0. The first-order valence-electron chi connectivity index (χ1n) is 11.7. The lowest BCUT2D eigenvalue weighted by molar-refractivity contribution is -0.147. The Bertz CT molecular complexity index is 1050. The van der Waals surface area contributed by atoms with Crippen molar-refractivity contribution in [3.8, 4) is 0 Å². The van der Waals surface area contributed by atoms with Crippen molar-refractivity contribution in [2.24, 2.45) is 0 Å². The zero-order valence-electron chi connectivity index (χ0n) is 20.1. The van der Waals surface area contributed by atoms with E-state index >= 15 is 0 Å². The van der Waals surface area contributed by atoms with Gasteiger partial charge in [0.05, 0.1) is 0 Å². The number of nitrogens with one attached hydrogen (secondary N) is 1. The van der Waals surface area contributed by atoms with Crippen molar-refractivity contribution >= 4 is 23.4 Å². The van der Waals surface area contributed by atoms with Gasteiger partial charge in [-0.2, -0.15) is 0 Å². The predicted molar refractivity (Wildman–Crippen MR) is 130 cm³/mol. The molecule has 35 heavy (non-hydrogen) atoms. The average molecular weight is 486 g/mol. The van der Waals surface area contributed by atoms with Crippen molar-refractivity contribution < 1.29 is 28.6 Å². The first-order chi connectivity index (χ1) is 16.7. The molecule has 9 heteroatoms. The number of benzene rings is 1. The van der Waals surface area contributed by atoms with Crippen LogP contribution in [-0.2, 0) is 14.3 Å². The molecule has 0 aliphatic carbocycles. The zero-order chi connectivity index (χ0) is 25.5. The van der Waals surface area contributed by atoms with Crippen LogP contribution in [0.4, 0.5) is 10.1 Å². The second-order valence-electron chi connectivity index (χ2n) is 8.66. The molecular weight excluding hydrogens is 453 g/mol. The molecule has 1 aromatic carbocycles.